The lowest BCUT2D eigenvalue weighted by atomic mass is 10.1. The number of hydrogen-bond acceptors (Lipinski definition) is 3. The molecule has 3 rings (SSSR count). The minimum Gasteiger partial charge on any atom is -0.354 e. The van der Waals surface area contributed by atoms with Crippen LogP contribution < -0.4 is 5.32 Å². The summed E-state index contributed by atoms with van der Waals surface area (Å²) in [6.45, 7) is 0.587. The van der Waals surface area contributed by atoms with Crippen molar-refractivity contribution in [3.05, 3.63) is 30.1 Å². The maximum Gasteiger partial charge on any atom is 0.229 e. The molecule has 1 aromatic heterocycles. The maximum atomic E-state index is 12.4. The summed E-state index contributed by atoms with van der Waals surface area (Å²) in [6, 6.07) is 5.82. The van der Waals surface area contributed by atoms with Crippen LogP contribution in [0.1, 0.15) is 25.0 Å². The molecule has 2 bridgehead atoms. The molecule has 0 aromatic carbocycles. The second-order valence-electron chi connectivity index (χ2n) is 5.19. The Morgan fingerprint density at radius 3 is 3.00 bits per heavy atom. The van der Waals surface area contributed by atoms with E-state index in [0.717, 1.165) is 18.5 Å². The summed E-state index contributed by atoms with van der Waals surface area (Å²) in [5.74, 6) is 0.144. The minimum atomic E-state index is 0.0582. The SMILES string of the molecule is O=C1C[C@H]2CC[C@@H](CN1)N2C(=O)Cc1ccccn1. The minimum absolute atomic E-state index is 0.0582. The van der Waals surface area contributed by atoms with Gasteiger partial charge >= 0.3 is 0 Å². The third kappa shape index (κ3) is 2.45. The second kappa shape index (κ2) is 4.99. The smallest absolute Gasteiger partial charge is 0.229 e. The van der Waals surface area contributed by atoms with E-state index in [1.54, 1.807) is 6.20 Å². The molecule has 3 heterocycles. The summed E-state index contributed by atoms with van der Waals surface area (Å²) in [7, 11) is 0. The van der Waals surface area contributed by atoms with E-state index < -0.39 is 0 Å². The predicted molar refractivity (Wildman–Crippen MR) is 69.2 cm³/mol. The van der Waals surface area contributed by atoms with Gasteiger partial charge in [-0.15, -0.1) is 0 Å². The largest absolute Gasteiger partial charge is 0.354 e. The van der Waals surface area contributed by atoms with Crippen LogP contribution in [0, 0.1) is 0 Å². The molecule has 5 nitrogen and oxygen atoms in total. The van der Waals surface area contributed by atoms with Gasteiger partial charge in [0.2, 0.25) is 11.8 Å². The molecule has 100 valence electrons. The fraction of sp³-hybridized carbons (Fsp3) is 0.500. The van der Waals surface area contributed by atoms with Crippen LogP contribution >= 0.6 is 0 Å². The summed E-state index contributed by atoms with van der Waals surface area (Å²) in [5, 5.41) is 2.88. The number of carbonyl (C=O) groups excluding carboxylic acids is 2. The Balaban J connectivity index is 1.74. The Kier molecular flexibility index (Phi) is 3.19. The van der Waals surface area contributed by atoms with Crippen LogP contribution in [-0.4, -0.2) is 40.3 Å². The van der Waals surface area contributed by atoms with Crippen LogP contribution in [0.4, 0.5) is 0 Å². The van der Waals surface area contributed by atoms with Crippen molar-refractivity contribution in [1.29, 1.82) is 0 Å². The molecule has 2 saturated heterocycles. The summed E-state index contributed by atoms with van der Waals surface area (Å²) >= 11 is 0. The van der Waals surface area contributed by atoms with Gasteiger partial charge in [0.05, 0.1) is 6.42 Å². The van der Waals surface area contributed by atoms with E-state index >= 15 is 0 Å². The van der Waals surface area contributed by atoms with Crippen molar-refractivity contribution in [3.8, 4) is 0 Å². The summed E-state index contributed by atoms with van der Waals surface area (Å²) < 4.78 is 0. The molecule has 2 aliphatic rings. The van der Waals surface area contributed by atoms with Crippen molar-refractivity contribution in [2.45, 2.75) is 37.8 Å². The topological polar surface area (TPSA) is 62.3 Å². The van der Waals surface area contributed by atoms with Gasteiger partial charge in [0, 0.05) is 36.9 Å². The molecule has 2 aliphatic heterocycles. The van der Waals surface area contributed by atoms with Gasteiger partial charge in [-0.3, -0.25) is 14.6 Å². The lowest BCUT2D eigenvalue weighted by molar-refractivity contribution is -0.133. The van der Waals surface area contributed by atoms with Crippen molar-refractivity contribution < 1.29 is 9.59 Å². The van der Waals surface area contributed by atoms with Gasteiger partial charge in [-0.1, -0.05) is 6.07 Å². The van der Waals surface area contributed by atoms with Gasteiger partial charge in [-0.05, 0) is 25.0 Å². The van der Waals surface area contributed by atoms with E-state index in [2.05, 4.69) is 10.3 Å². The van der Waals surface area contributed by atoms with Crippen molar-refractivity contribution >= 4 is 11.8 Å². The number of carbonyl (C=O) groups is 2. The van der Waals surface area contributed by atoms with E-state index in [1.165, 1.54) is 0 Å². The van der Waals surface area contributed by atoms with Gasteiger partial charge in [0.25, 0.3) is 0 Å². The number of nitrogens with one attached hydrogen (secondary N) is 1. The van der Waals surface area contributed by atoms with Gasteiger partial charge in [-0.25, -0.2) is 0 Å². The third-order valence-corrected chi connectivity index (χ3v) is 3.92. The first-order chi connectivity index (χ1) is 9.24. The van der Waals surface area contributed by atoms with Gasteiger partial charge in [-0.2, -0.15) is 0 Å². The van der Waals surface area contributed by atoms with E-state index in [1.807, 2.05) is 23.1 Å². The number of pyridine rings is 1. The summed E-state index contributed by atoms with van der Waals surface area (Å²) in [4.78, 5) is 30.1. The highest BCUT2D eigenvalue weighted by atomic mass is 16.2. The Morgan fingerprint density at radius 2 is 2.21 bits per heavy atom. The lowest BCUT2D eigenvalue weighted by Crippen LogP contribution is -2.43. The summed E-state index contributed by atoms with van der Waals surface area (Å²) in [6.07, 6.45) is 4.38. The quantitative estimate of drug-likeness (QED) is 0.841. The van der Waals surface area contributed by atoms with Crippen molar-refractivity contribution in [3.63, 3.8) is 0 Å². The predicted octanol–water partition coefficient (Wildman–Crippen LogP) is 0.504. The molecular formula is C14H17N3O2. The van der Waals surface area contributed by atoms with Crippen LogP contribution in [0.2, 0.25) is 0 Å². The number of hydrogen-bond donors (Lipinski definition) is 1. The highest BCUT2D eigenvalue weighted by Gasteiger charge is 2.39. The van der Waals surface area contributed by atoms with Crippen molar-refractivity contribution in [2.75, 3.05) is 6.54 Å². The Bertz CT molecular complexity index is 489. The zero-order valence-corrected chi connectivity index (χ0v) is 10.7. The van der Waals surface area contributed by atoms with Crippen LogP contribution in [-0.2, 0) is 16.0 Å². The molecule has 2 atom stereocenters. The average Bonchev–Trinajstić information content (AvgIpc) is 2.71. The number of nitrogens with zero attached hydrogens (tertiary/aromatic N) is 2. The molecular weight excluding hydrogens is 242 g/mol. The Labute approximate surface area is 112 Å². The molecule has 0 unspecified atom stereocenters. The molecule has 0 aliphatic carbocycles. The molecule has 2 fully saturated rings. The Morgan fingerprint density at radius 1 is 1.37 bits per heavy atom. The molecule has 19 heavy (non-hydrogen) atoms. The van der Waals surface area contributed by atoms with Gasteiger partial charge < -0.3 is 10.2 Å². The molecule has 0 saturated carbocycles. The first-order valence-corrected chi connectivity index (χ1v) is 6.72. The first kappa shape index (κ1) is 12.1. The fourth-order valence-electron chi connectivity index (χ4n) is 3.04. The molecule has 0 radical (unpaired) electrons. The van der Waals surface area contributed by atoms with E-state index in [-0.39, 0.29) is 23.9 Å². The van der Waals surface area contributed by atoms with Crippen LogP contribution in [0.15, 0.2) is 24.4 Å². The standard InChI is InChI=1S/C14H17N3O2/c18-13-8-11-4-5-12(9-16-13)17(11)14(19)7-10-3-1-2-6-15-10/h1-3,6,11-12H,4-5,7-9H2,(H,16,18)/t11-,12+/m1/s1. The van der Waals surface area contributed by atoms with E-state index in [0.29, 0.717) is 19.4 Å². The van der Waals surface area contributed by atoms with E-state index in [9.17, 15) is 9.59 Å². The number of aromatic nitrogens is 1. The monoisotopic (exact) mass is 259 g/mol. The molecule has 1 N–H and O–H groups in total. The number of amides is 2. The maximum absolute atomic E-state index is 12.4. The zero-order valence-electron chi connectivity index (χ0n) is 10.7. The summed E-state index contributed by atoms with van der Waals surface area (Å²) in [5.41, 5.74) is 0.787. The van der Waals surface area contributed by atoms with Crippen LogP contribution in [0.3, 0.4) is 0 Å². The van der Waals surface area contributed by atoms with Crippen LogP contribution in [0.25, 0.3) is 0 Å². The Hall–Kier alpha value is -1.91. The zero-order chi connectivity index (χ0) is 13.2. The fourth-order valence-corrected chi connectivity index (χ4v) is 3.04. The number of rotatable bonds is 2. The second-order valence-corrected chi connectivity index (χ2v) is 5.19. The van der Waals surface area contributed by atoms with E-state index in [4.69, 9.17) is 0 Å². The number of fused-ring (bicyclic) bond motifs is 2. The third-order valence-electron chi connectivity index (χ3n) is 3.92. The van der Waals surface area contributed by atoms with Crippen LogP contribution in [0.5, 0.6) is 0 Å². The normalized spacial score (nSPS) is 25.9. The molecule has 0 spiro atoms. The van der Waals surface area contributed by atoms with Gasteiger partial charge in [0.15, 0.2) is 0 Å². The molecule has 2 amide bonds. The van der Waals surface area contributed by atoms with Crippen molar-refractivity contribution in [1.82, 2.24) is 15.2 Å². The molecule has 1 aromatic rings. The first-order valence-electron chi connectivity index (χ1n) is 6.72. The lowest BCUT2D eigenvalue weighted by Gasteiger charge is -2.27. The molecule has 5 heteroatoms. The highest BCUT2D eigenvalue weighted by molar-refractivity contribution is 5.82. The van der Waals surface area contributed by atoms with Crippen molar-refractivity contribution in [2.24, 2.45) is 0 Å². The average molecular weight is 259 g/mol. The highest BCUT2D eigenvalue weighted by Crippen LogP contribution is 2.28. The van der Waals surface area contributed by atoms with Gasteiger partial charge in [0.1, 0.15) is 0 Å².